The smallest absolute Gasteiger partial charge is 0.404 e. The number of hydrogen-bond donors (Lipinski definition) is 1. The van der Waals surface area contributed by atoms with Gasteiger partial charge >= 0.3 is 6.36 Å². The molecule has 11 heteroatoms. The number of anilines is 1. The van der Waals surface area contributed by atoms with E-state index in [1.807, 2.05) is 0 Å². The number of aromatic nitrogens is 2. The van der Waals surface area contributed by atoms with Gasteiger partial charge in [0, 0.05) is 20.3 Å². The number of nitrogens with zero attached hydrogens (tertiary/aromatic N) is 3. The summed E-state index contributed by atoms with van der Waals surface area (Å²) < 4.78 is 67.8. The summed E-state index contributed by atoms with van der Waals surface area (Å²) in [5.41, 5.74) is 0. The molecule has 1 aromatic carbocycles. The summed E-state index contributed by atoms with van der Waals surface area (Å²) in [6.45, 7) is -0.287. The molecule has 0 saturated carbocycles. The highest BCUT2D eigenvalue weighted by Gasteiger charge is 2.33. The normalized spacial score (nSPS) is 12.0. The van der Waals surface area contributed by atoms with Crippen molar-refractivity contribution in [2.24, 2.45) is 0 Å². The number of benzene rings is 1. The largest absolute Gasteiger partial charge is 0.573 e. The predicted molar refractivity (Wildman–Crippen MR) is 83.5 cm³/mol. The van der Waals surface area contributed by atoms with E-state index < -0.39 is 27.0 Å². The minimum Gasteiger partial charge on any atom is -0.404 e. The van der Waals surface area contributed by atoms with E-state index in [2.05, 4.69) is 19.4 Å². The van der Waals surface area contributed by atoms with Crippen LogP contribution in [0, 0.1) is 0 Å². The molecule has 25 heavy (non-hydrogen) atoms. The molecule has 0 fully saturated rings. The number of sulfonamides is 1. The van der Waals surface area contributed by atoms with Gasteiger partial charge in [0.1, 0.15) is 22.3 Å². The molecule has 0 saturated heterocycles. The third-order valence-corrected chi connectivity index (χ3v) is 4.37. The second-order valence-electron chi connectivity index (χ2n) is 5.04. The van der Waals surface area contributed by atoms with Gasteiger partial charge in [-0.05, 0) is 18.2 Å². The lowest BCUT2D eigenvalue weighted by atomic mass is 10.3. The van der Waals surface area contributed by atoms with E-state index in [-0.39, 0.29) is 12.4 Å². The highest BCUT2D eigenvalue weighted by molar-refractivity contribution is 7.89. The monoisotopic (exact) mass is 376 g/mol. The second-order valence-corrected chi connectivity index (χ2v) is 6.78. The Morgan fingerprint density at radius 2 is 1.88 bits per heavy atom. The van der Waals surface area contributed by atoms with Crippen molar-refractivity contribution in [1.29, 1.82) is 0 Å². The number of para-hydroxylation sites is 1. The molecule has 1 heterocycles. The molecule has 136 valence electrons. The third kappa shape index (κ3) is 5.29. The molecule has 1 aromatic heterocycles. The van der Waals surface area contributed by atoms with Crippen molar-refractivity contribution in [3.8, 4) is 5.75 Å². The highest BCUT2D eigenvalue weighted by atomic mass is 32.2. The van der Waals surface area contributed by atoms with Crippen LogP contribution in [0.4, 0.5) is 19.0 Å². The molecule has 2 rings (SSSR count). The van der Waals surface area contributed by atoms with E-state index in [1.54, 1.807) is 25.1 Å². The summed E-state index contributed by atoms with van der Waals surface area (Å²) in [5.74, 6) is -0.0838. The number of nitrogens with one attached hydrogen (secondary N) is 1. The van der Waals surface area contributed by atoms with Crippen LogP contribution in [0.1, 0.15) is 5.82 Å². The Morgan fingerprint density at radius 3 is 2.52 bits per heavy atom. The Bertz CT molecular complexity index is 841. The van der Waals surface area contributed by atoms with E-state index in [0.29, 0.717) is 5.82 Å². The highest BCUT2D eigenvalue weighted by Crippen LogP contribution is 2.29. The van der Waals surface area contributed by atoms with Crippen LogP contribution in [0.5, 0.6) is 5.75 Å². The first-order chi connectivity index (χ1) is 11.6. The molecule has 0 aliphatic heterocycles. The van der Waals surface area contributed by atoms with Gasteiger partial charge in [0.15, 0.2) is 0 Å². The van der Waals surface area contributed by atoms with Crippen molar-refractivity contribution < 1.29 is 26.3 Å². The maximum atomic E-state index is 12.4. The van der Waals surface area contributed by atoms with Crippen molar-refractivity contribution in [2.45, 2.75) is 17.8 Å². The van der Waals surface area contributed by atoms with E-state index in [4.69, 9.17) is 0 Å². The fourth-order valence-electron chi connectivity index (χ4n) is 1.84. The van der Waals surface area contributed by atoms with Gasteiger partial charge in [0.05, 0.1) is 6.54 Å². The standard InChI is InChI=1S/C14H15F3N4O3S/c1-21(2)13-7-8-18-12(20-13)9-19-25(22,23)11-6-4-3-5-10(11)24-14(15,16)17/h3-8,19H,9H2,1-2H3. The summed E-state index contributed by atoms with van der Waals surface area (Å²) in [7, 11) is -0.761. The van der Waals surface area contributed by atoms with Gasteiger partial charge in [-0.25, -0.2) is 23.1 Å². The molecule has 0 atom stereocenters. The lowest BCUT2D eigenvalue weighted by Gasteiger charge is -2.14. The number of hydrogen-bond acceptors (Lipinski definition) is 6. The molecule has 0 spiro atoms. The second kappa shape index (κ2) is 7.23. The number of alkyl halides is 3. The van der Waals surface area contributed by atoms with Gasteiger partial charge in [0.2, 0.25) is 10.0 Å². The average molecular weight is 376 g/mol. The molecule has 0 bridgehead atoms. The predicted octanol–water partition coefficient (Wildman–Crippen LogP) is 1.92. The van der Waals surface area contributed by atoms with Gasteiger partial charge in [-0.3, -0.25) is 0 Å². The zero-order chi connectivity index (χ0) is 18.7. The van der Waals surface area contributed by atoms with Crippen LogP contribution in [0.3, 0.4) is 0 Å². The Kier molecular flexibility index (Phi) is 5.48. The molecule has 0 radical (unpaired) electrons. The number of rotatable bonds is 6. The summed E-state index contributed by atoms with van der Waals surface area (Å²) in [6.07, 6.45) is -3.55. The summed E-state index contributed by atoms with van der Waals surface area (Å²) in [5, 5.41) is 0. The van der Waals surface area contributed by atoms with Crippen LogP contribution in [-0.2, 0) is 16.6 Å². The minimum absolute atomic E-state index is 0.170. The zero-order valence-corrected chi connectivity index (χ0v) is 14.1. The van der Waals surface area contributed by atoms with E-state index >= 15 is 0 Å². The molecular weight excluding hydrogens is 361 g/mol. The molecule has 0 unspecified atom stereocenters. The van der Waals surface area contributed by atoms with Crippen molar-refractivity contribution in [3.63, 3.8) is 0 Å². The molecule has 0 aliphatic rings. The SMILES string of the molecule is CN(C)c1ccnc(CNS(=O)(=O)c2ccccc2OC(F)(F)F)n1. The number of halogens is 3. The minimum atomic E-state index is -5.01. The fraction of sp³-hybridized carbons (Fsp3) is 0.286. The van der Waals surface area contributed by atoms with Crippen LogP contribution in [-0.4, -0.2) is 38.8 Å². The quantitative estimate of drug-likeness (QED) is 0.829. The van der Waals surface area contributed by atoms with Crippen molar-refractivity contribution >= 4 is 15.8 Å². The van der Waals surface area contributed by atoms with E-state index in [1.165, 1.54) is 18.3 Å². The maximum absolute atomic E-state index is 12.4. The van der Waals surface area contributed by atoms with Crippen LogP contribution in [0.2, 0.25) is 0 Å². The van der Waals surface area contributed by atoms with Gasteiger partial charge in [-0.15, -0.1) is 13.2 Å². The molecular formula is C14H15F3N4O3S. The van der Waals surface area contributed by atoms with Crippen LogP contribution < -0.4 is 14.4 Å². The molecule has 0 amide bonds. The zero-order valence-electron chi connectivity index (χ0n) is 13.3. The summed E-state index contributed by atoms with van der Waals surface area (Å²) >= 11 is 0. The lowest BCUT2D eigenvalue weighted by Crippen LogP contribution is -2.26. The first-order valence-corrected chi connectivity index (χ1v) is 8.40. The summed E-state index contributed by atoms with van der Waals surface area (Å²) in [4.78, 5) is 9.12. The van der Waals surface area contributed by atoms with Crippen LogP contribution in [0.15, 0.2) is 41.4 Å². The van der Waals surface area contributed by atoms with Crippen molar-refractivity contribution in [2.75, 3.05) is 19.0 Å². The van der Waals surface area contributed by atoms with Crippen LogP contribution >= 0.6 is 0 Å². The maximum Gasteiger partial charge on any atom is 0.573 e. The van der Waals surface area contributed by atoms with Gasteiger partial charge in [0.25, 0.3) is 0 Å². The first-order valence-electron chi connectivity index (χ1n) is 6.92. The molecule has 1 N–H and O–H groups in total. The lowest BCUT2D eigenvalue weighted by molar-refractivity contribution is -0.275. The van der Waals surface area contributed by atoms with Crippen molar-refractivity contribution in [1.82, 2.24) is 14.7 Å². The van der Waals surface area contributed by atoms with E-state index in [0.717, 1.165) is 12.1 Å². The molecule has 7 nitrogen and oxygen atoms in total. The van der Waals surface area contributed by atoms with Crippen LogP contribution in [0.25, 0.3) is 0 Å². The Balaban J connectivity index is 2.21. The van der Waals surface area contributed by atoms with Crippen molar-refractivity contribution in [3.05, 3.63) is 42.4 Å². The topological polar surface area (TPSA) is 84.4 Å². The fourth-order valence-corrected chi connectivity index (χ4v) is 2.95. The van der Waals surface area contributed by atoms with Gasteiger partial charge in [-0.1, -0.05) is 12.1 Å². The van der Waals surface area contributed by atoms with E-state index in [9.17, 15) is 21.6 Å². The third-order valence-electron chi connectivity index (χ3n) is 2.93. The Hall–Kier alpha value is -2.40. The molecule has 2 aromatic rings. The average Bonchev–Trinajstić information content (AvgIpc) is 2.52. The Labute approximate surface area is 142 Å². The molecule has 0 aliphatic carbocycles. The Morgan fingerprint density at radius 1 is 1.20 bits per heavy atom. The summed E-state index contributed by atoms with van der Waals surface area (Å²) in [6, 6.07) is 6.10. The van der Waals surface area contributed by atoms with Gasteiger partial charge < -0.3 is 9.64 Å². The number of ether oxygens (including phenoxy) is 1. The van der Waals surface area contributed by atoms with Gasteiger partial charge in [-0.2, -0.15) is 0 Å². The first kappa shape index (κ1) is 18.9.